The number of rotatable bonds is 50. The molecule has 0 saturated heterocycles. The first-order valence-electron chi connectivity index (χ1n) is 27.8. The summed E-state index contributed by atoms with van der Waals surface area (Å²) in [6.07, 6.45) is 50.9. The Balaban J connectivity index is 4.17. The molecular weight excluding hydrogens is 769 g/mol. The predicted molar refractivity (Wildman–Crippen MR) is 266 cm³/mol. The zero-order valence-corrected chi connectivity index (χ0v) is 42.5. The van der Waals surface area contributed by atoms with Gasteiger partial charge in [0.1, 0.15) is 13.2 Å². The summed E-state index contributed by atoms with van der Waals surface area (Å²) >= 11 is 0. The van der Waals surface area contributed by atoms with E-state index in [9.17, 15) is 14.4 Å². The highest BCUT2D eigenvalue weighted by molar-refractivity contribution is 5.71. The van der Waals surface area contributed by atoms with Gasteiger partial charge in [-0.05, 0) is 31.1 Å². The molecule has 0 bridgehead atoms. The molecule has 6 heteroatoms. The number of carbonyl (C=O) groups excluding carboxylic acids is 3. The van der Waals surface area contributed by atoms with Crippen LogP contribution < -0.4 is 0 Å². The molecule has 62 heavy (non-hydrogen) atoms. The van der Waals surface area contributed by atoms with Crippen LogP contribution in [0.25, 0.3) is 0 Å². The lowest BCUT2D eigenvalue weighted by atomic mass is 9.99. The van der Waals surface area contributed by atoms with Crippen LogP contribution in [0, 0.1) is 11.8 Å². The minimum atomic E-state index is -0.761. The molecule has 0 fully saturated rings. The summed E-state index contributed by atoms with van der Waals surface area (Å²) in [4.78, 5) is 37.9. The molecule has 2 unspecified atom stereocenters. The molecule has 0 spiro atoms. The van der Waals surface area contributed by atoms with Crippen molar-refractivity contribution in [1.82, 2.24) is 0 Å². The third-order valence-corrected chi connectivity index (χ3v) is 13.4. The van der Waals surface area contributed by atoms with Gasteiger partial charge in [-0.3, -0.25) is 14.4 Å². The Labute approximate surface area is 387 Å². The normalized spacial score (nSPS) is 12.9. The van der Waals surface area contributed by atoms with E-state index < -0.39 is 6.10 Å². The summed E-state index contributed by atoms with van der Waals surface area (Å²) in [6.45, 7) is 11.4. The van der Waals surface area contributed by atoms with Gasteiger partial charge in [-0.25, -0.2) is 0 Å². The number of esters is 3. The summed E-state index contributed by atoms with van der Waals surface area (Å²) < 4.78 is 16.8. The maximum atomic E-state index is 12.8. The van der Waals surface area contributed by atoms with Crippen molar-refractivity contribution in [3.05, 3.63) is 0 Å². The van der Waals surface area contributed by atoms with Crippen molar-refractivity contribution in [1.29, 1.82) is 0 Å². The molecule has 0 aromatic rings. The minimum absolute atomic E-state index is 0.0635. The molecule has 0 heterocycles. The van der Waals surface area contributed by atoms with Gasteiger partial charge < -0.3 is 14.2 Å². The Morgan fingerprint density at radius 3 is 0.839 bits per heavy atom. The lowest BCUT2D eigenvalue weighted by molar-refractivity contribution is -0.167. The molecule has 0 aromatic carbocycles. The SMILES string of the molecule is CCCCCCCCCCCCC(=O)O[C@@H](COC(=O)CCCCCCCCCCCCCCCCCCCCC(C)CC)COC(=O)CCCCCCCCCCC(C)CC. The summed E-state index contributed by atoms with van der Waals surface area (Å²) in [5.41, 5.74) is 0. The molecular formula is C56H108O6. The van der Waals surface area contributed by atoms with Crippen LogP contribution in [0.1, 0.15) is 311 Å². The van der Waals surface area contributed by atoms with Crippen LogP contribution in [0.3, 0.4) is 0 Å². The highest BCUT2D eigenvalue weighted by atomic mass is 16.6. The zero-order chi connectivity index (χ0) is 45.4. The lowest BCUT2D eigenvalue weighted by Crippen LogP contribution is -2.30. The van der Waals surface area contributed by atoms with Crippen LogP contribution in [0.5, 0.6) is 0 Å². The van der Waals surface area contributed by atoms with Gasteiger partial charge in [0.2, 0.25) is 0 Å². The van der Waals surface area contributed by atoms with Crippen molar-refractivity contribution in [2.45, 2.75) is 317 Å². The molecule has 0 N–H and O–H groups in total. The van der Waals surface area contributed by atoms with E-state index in [1.54, 1.807) is 0 Å². The highest BCUT2D eigenvalue weighted by Gasteiger charge is 2.19. The maximum Gasteiger partial charge on any atom is 0.306 e. The number of hydrogen-bond acceptors (Lipinski definition) is 6. The third-order valence-electron chi connectivity index (χ3n) is 13.4. The number of unbranched alkanes of at least 4 members (excludes halogenated alkanes) is 33. The topological polar surface area (TPSA) is 78.9 Å². The average molecular weight is 877 g/mol. The van der Waals surface area contributed by atoms with Crippen molar-refractivity contribution in [2.75, 3.05) is 13.2 Å². The van der Waals surface area contributed by atoms with Crippen LogP contribution in [0.2, 0.25) is 0 Å². The lowest BCUT2D eigenvalue weighted by Gasteiger charge is -2.18. The van der Waals surface area contributed by atoms with E-state index in [1.807, 2.05) is 0 Å². The molecule has 368 valence electrons. The highest BCUT2D eigenvalue weighted by Crippen LogP contribution is 2.19. The van der Waals surface area contributed by atoms with E-state index in [2.05, 4.69) is 34.6 Å². The van der Waals surface area contributed by atoms with Crippen LogP contribution in [0.4, 0.5) is 0 Å². The fraction of sp³-hybridized carbons (Fsp3) is 0.946. The number of hydrogen-bond donors (Lipinski definition) is 0. The predicted octanol–water partition coefficient (Wildman–Crippen LogP) is 18.1. The second-order valence-corrected chi connectivity index (χ2v) is 19.7. The second kappa shape index (κ2) is 48.9. The molecule has 0 aliphatic heterocycles. The largest absolute Gasteiger partial charge is 0.462 e. The fourth-order valence-corrected chi connectivity index (χ4v) is 8.46. The summed E-state index contributed by atoms with van der Waals surface area (Å²) in [7, 11) is 0. The minimum Gasteiger partial charge on any atom is -0.462 e. The molecule has 0 saturated carbocycles. The first kappa shape index (κ1) is 60.4. The molecule has 0 rings (SSSR count). The Morgan fingerprint density at radius 2 is 0.565 bits per heavy atom. The van der Waals surface area contributed by atoms with Crippen molar-refractivity contribution in [2.24, 2.45) is 11.8 Å². The van der Waals surface area contributed by atoms with Gasteiger partial charge in [0.15, 0.2) is 6.10 Å². The van der Waals surface area contributed by atoms with Gasteiger partial charge in [-0.2, -0.15) is 0 Å². The molecule has 0 aliphatic carbocycles. The molecule has 0 aliphatic rings. The van der Waals surface area contributed by atoms with Gasteiger partial charge in [0.25, 0.3) is 0 Å². The quantitative estimate of drug-likeness (QED) is 0.0344. The Bertz CT molecular complexity index is 951. The van der Waals surface area contributed by atoms with Crippen molar-refractivity contribution in [3.8, 4) is 0 Å². The van der Waals surface area contributed by atoms with E-state index in [0.717, 1.165) is 69.6 Å². The molecule has 6 nitrogen and oxygen atoms in total. The van der Waals surface area contributed by atoms with Crippen LogP contribution in [-0.2, 0) is 28.6 Å². The smallest absolute Gasteiger partial charge is 0.306 e. The molecule has 0 amide bonds. The molecule has 0 aromatic heterocycles. The zero-order valence-electron chi connectivity index (χ0n) is 42.5. The van der Waals surface area contributed by atoms with Crippen LogP contribution in [0.15, 0.2) is 0 Å². The summed E-state index contributed by atoms with van der Waals surface area (Å²) in [5, 5.41) is 0. The van der Waals surface area contributed by atoms with E-state index in [1.165, 1.54) is 199 Å². The van der Waals surface area contributed by atoms with Crippen LogP contribution >= 0.6 is 0 Å². The first-order valence-corrected chi connectivity index (χ1v) is 27.8. The van der Waals surface area contributed by atoms with Gasteiger partial charge in [0, 0.05) is 19.3 Å². The maximum absolute atomic E-state index is 12.8. The standard InChI is InChI=1S/C56H108O6/c1-6-9-10-11-12-13-25-33-38-43-48-56(59)62-53(50-61-55(58)47-42-37-32-28-27-30-35-40-45-52(5)8-3)49-60-54(57)46-41-36-31-26-23-21-19-17-15-14-16-18-20-22-24-29-34-39-44-51(4)7-2/h51-53H,6-50H2,1-5H3/t51?,52?,53-/m0/s1. The monoisotopic (exact) mass is 877 g/mol. The van der Waals surface area contributed by atoms with Gasteiger partial charge in [-0.1, -0.05) is 272 Å². The van der Waals surface area contributed by atoms with Gasteiger partial charge in [-0.15, -0.1) is 0 Å². The van der Waals surface area contributed by atoms with E-state index in [4.69, 9.17) is 14.2 Å². The van der Waals surface area contributed by atoms with Gasteiger partial charge in [0.05, 0.1) is 0 Å². The molecule has 0 radical (unpaired) electrons. The average Bonchev–Trinajstić information content (AvgIpc) is 3.27. The van der Waals surface area contributed by atoms with Gasteiger partial charge >= 0.3 is 17.9 Å². The number of ether oxygens (including phenoxy) is 3. The van der Waals surface area contributed by atoms with E-state index >= 15 is 0 Å². The van der Waals surface area contributed by atoms with Crippen molar-refractivity contribution in [3.63, 3.8) is 0 Å². The summed E-state index contributed by atoms with van der Waals surface area (Å²) in [6, 6.07) is 0. The number of carbonyl (C=O) groups is 3. The molecule has 3 atom stereocenters. The van der Waals surface area contributed by atoms with E-state index in [-0.39, 0.29) is 31.1 Å². The van der Waals surface area contributed by atoms with Crippen molar-refractivity contribution < 1.29 is 28.6 Å². The Hall–Kier alpha value is -1.59. The van der Waals surface area contributed by atoms with Crippen LogP contribution in [-0.4, -0.2) is 37.2 Å². The summed E-state index contributed by atoms with van der Waals surface area (Å²) in [5.74, 6) is 0.911. The fourth-order valence-electron chi connectivity index (χ4n) is 8.46. The first-order chi connectivity index (χ1) is 30.3. The second-order valence-electron chi connectivity index (χ2n) is 19.7. The Morgan fingerprint density at radius 1 is 0.323 bits per heavy atom. The van der Waals surface area contributed by atoms with E-state index in [0.29, 0.717) is 19.3 Å². The van der Waals surface area contributed by atoms with Crippen molar-refractivity contribution >= 4 is 17.9 Å². The third kappa shape index (κ3) is 46.4. The Kier molecular flexibility index (Phi) is 47.6.